The summed E-state index contributed by atoms with van der Waals surface area (Å²) in [5.41, 5.74) is 6.93. The van der Waals surface area contributed by atoms with E-state index in [-0.39, 0.29) is 0 Å². The second kappa shape index (κ2) is 9.06. The van der Waals surface area contributed by atoms with E-state index in [0.717, 1.165) is 17.1 Å². The minimum Gasteiger partial charge on any atom is -0.481 e. The first-order chi connectivity index (χ1) is 13.5. The Kier molecular flexibility index (Phi) is 6.29. The number of rotatable bonds is 8. The molecule has 3 aromatic rings. The maximum absolute atomic E-state index is 11.0. The number of hydrogen-bond donors (Lipinski definition) is 2. The van der Waals surface area contributed by atoms with Crippen LogP contribution in [0.5, 0.6) is 23.0 Å². The molecule has 0 bridgehead atoms. The Morgan fingerprint density at radius 2 is 1.25 bits per heavy atom. The molecule has 3 rings (SSSR count). The summed E-state index contributed by atoms with van der Waals surface area (Å²) >= 11 is 0. The molecule has 0 heterocycles. The van der Waals surface area contributed by atoms with Crippen LogP contribution in [0.3, 0.4) is 0 Å². The van der Waals surface area contributed by atoms with Crippen LogP contribution >= 0.6 is 0 Å². The van der Waals surface area contributed by atoms with Crippen molar-refractivity contribution in [2.75, 3.05) is 0 Å². The van der Waals surface area contributed by atoms with Crippen LogP contribution in [-0.2, 0) is 11.2 Å². The van der Waals surface area contributed by atoms with Gasteiger partial charge in [0.1, 0.15) is 23.0 Å². The van der Waals surface area contributed by atoms with Crippen LogP contribution in [0.25, 0.3) is 0 Å². The van der Waals surface area contributed by atoms with Gasteiger partial charge in [-0.2, -0.15) is 0 Å². The smallest absolute Gasteiger partial charge is 0.307 e. The number of carbonyl (C=O) groups is 1. The van der Waals surface area contributed by atoms with Gasteiger partial charge in [-0.05, 0) is 60.5 Å². The molecule has 0 spiro atoms. The Bertz CT molecular complexity index is 892. The van der Waals surface area contributed by atoms with Gasteiger partial charge in [0.15, 0.2) is 0 Å². The lowest BCUT2D eigenvalue weighted by atomic mass is 9.96. The lowest BCUT2D eigenvalue weighted by Gasteiger charge is -2.16. The highest BCUT2D eigenvalue weighted by Crippen LogP contribution is 2.27. The first-order valence-corrected chi connectivity index (χ1v) is 9.09. The summed E-state index contributed by atoms with van der Waals surface area (Å²) in [6.45, 7) is 1.62. The van der Waals surface area contributed by atoms with Gasteiger partial charge >= 0.3 is 5.97 Å². The van der Waals surface area contributed by atoms with Crippen LogP contribution in [0.2, 0.25) is 0 Å². The van der Waals surface area contributed by atoms with E-state index < -0.39 is 17.9 Å². The monoisotopic (exact) mass is 377 g/mol. The van der Waals surface area contributed by atoms with E-state index in [4.69, 9.17) is 20.3 Å². The van der Waals surface area contributed by atoms with Gasteiger partial charge in [-0.1, -0.05) is 37.3 Å². The zero-order valence-electron chi connectivity index (χ0n) is 15.6. The standard InChI is InChI=1S/C23H23NO4/c1-16(23(25)26)22(24)15-17-7-9-19(10-8-17)28-21-13-11-20(12-14-21)27-18-5-3-2-4-6-18/h2-14,16,22H,15,24H2,1H3,(H,25,26). The molecule has 0 aliphatic heterocycles. The van der Waals surface area contributed by atoms with Gasteiger partial charge in [0.2, 0.25) is 0 Å². The second-order valence-corrected chi connectivity index (χ2v) is 6.63. The minimum atomic E-state index is -0.882. The summed E-state index contributed by atoms with van der Waals surface area (Å²) in [7, 11) is 0. The Labute approximate surface area is 164 Å². The molecule has 0 saturated carbocycles. The fraction of sp³-hybridized carbons (Fsp3) is 0.174. The fourth-order valence-electron chi connectivity index (χ4n) is 2.66. The Morgan fingerprint density at radius 1 is 0.821 bits per heavy atom. The molecule has 3 N–H and O–H groups in total. The SMILES string of the molecule is CC(C(=O)O)C(N)Cc1ccc(Oc2ccc(Oc3ccccc3)cc2)cc1. The van der Waals surface area contributed by atoms with Crippen molar-refractivity contribution in [3.63, 3.8) is 0 Å². The molecule has 0 radical (unpaired) electrons. The number of carboxylic acids is 1. The van der Waals surface area contributed by atoms with E-state index in [1.54, 1.807) is 6.92 Å². The highest BCUT2D eigenvalue weighted by atomic mass is 16.5. The molecule has 0 saturated heterocycles. The summed E-state index contributed by atoms with van der Waals surface area (Å²) in [5.74, 6) is 1.43. The molecule has 3 aromatic carbocycles. The summed E-state index contributed by atoms with van der Waals surface area (Å²) in [6, 6.07) is 24.0. The van der Waals surface area contributed by atoms with Crippen molar-refractivity contribution in [1.29, 1.82) is 0 Å². The highest BCUT2D eigenvalue weighted by molar-refractivity contribution is 5.70. The molecular formula is C23H23NO4. The average Bonchev–Trinajstić information content (AvgIpc) is 2.71. The molecule has 0 amide bonds. The molecule has 144 valence electrons. The summed E-state index contributed by atoms with van der Waals surface area (Å²) < 4.78 is 11.6. The lowest BCUT2D eigenvalue weighted by molar-refractivity contribution is -0.141. The molecule has 0 aliphatic rings. The zero-order chi connectivity index (χ0) is 19.9. The van der Waals surface area contributed by atoms with Gasteiger partial charge in [0.25, 0.3) is 0 Å². The number of nitrogens with two attached hydrogens (primary N) is 1. The normalized spacial score (nSPS) is 12.8. The van der Waals surface area contributed by atoms with Crippen molar-refractivity contribution >= 4 is 5.97 Å². The van der Waals surface area contributed by atoms with Crippen molar-refractivity contribution in [2.24, 2.45) is 11.7 Å². The van der Waals surface area contributed by atoms with Crippen LogP contribution < -0.4 is 15.2 Å². The predicted octanol–water partition coefficient (Wildman–Crippen LogP) is 4.86. The third kappa shape index (κ3) is 5.34. The third-order valence-electron chi connectivity index (χ3n) is 4.46. The molecule has 5 nitrogen and oxygen atoms in total. The fourth-order valence-corrected chi connectivity index (χ4v) is 2.66. The topological polar surface area (TPSA) is 81.8 Å². The van der Waals surface area contributed by atoms with Crippen LogP contribution in [0.1, 0.15) is 12.5 Å². The van der Waals surface area contributed by atoms with Crippen molar-refractivity contribution in [3.05, 3.63) is 84.4 Å². The van der Waals surface area contributed by atoms with Gasteiger partial charge in [-0.15, -0.1) is 0 Å². The molecular weight excluding hydrogens is 354 g/mol. The van der Waals surface area contributed by atoms with Gasteiger partial charge in [-0.25, -0.2) is 0 Å². The van der Waals surface area contributed by atoms with Crippen molar-refractivity contribution in [1.82, 2.24) is 0 Å². The number of benzene rings is 3. The highest BCUT2D eigenvalue weighted by Gasteiger charge is 2.19. The minimum absolute atomic E-state index is 0.429. The van der Waals surface area contributed by atoms with Crippen molar-refractivity contribution in [2.45, 2.75) is 19.4 Å². The molecule has 0 fully saturated rings. The number of para-hydroxylation sites is 1. The molecule has 5 heteroatoms. The lowest BCUT2D eigenvalue weighted by Crippen LogP contribution is -2.35. The summed E-state index contributed by atoms with van der Waals surface area (Å²) in [6.07, 6.45) is 0.499. The third-order valence-corrected chi connectivity index (χ3v) is 4.46. The van der Waals surface area contributed by atoms with Crippen LogP contribution in [0.15, 0.2) is 78.9 Å². The predicted molar refractivity (Wildman–Crippen MR) is 108 cm³/mol. The summed E-state index contributed by atoms with van der Waals surface area (Å²) in [5, 5.41) is 9.03. The first kappa shape index (κ1) is 19.5. The molecule has 28 heavy (non-hydrogen) atoms. The largest absolute Gasteiger partial charge is 0.481 e. The van der Waals surface area contributed by atoms with Crippen LogP contribution in [0, 0.1) is 5.92 Å². The number of aliphatic carboxylic acids is 1. The molecule has 2 unspecified atom stereocenters. The summed E-state index contributed by atoms with van der Waals surface area (Å²) in [4.78, 5) is 11.0. The maximum atomic E-state index is 11.0. The van der Waals surface area contributed by atoms with E-state index in [0.29, 0.717) is 17.9 Å². The molecule has 2 atom stereocenters. The van der Waals surface area contributed by atoms with Crippen molar-refractivity contribution < 1.29 is 19.4 Å². The van der Waals surface area contributed by atoms with Crippen LogP contribution in [-0.4, -0.2) is 17.1 Å². The molecule has 0 aliphatic carbocycles. The van der Waals surface area contributed by atoms with Crippen LogP contribution in [0.4, 0.5) is 0 Å². The van der Waals surface area contributed by atoms with Gasteiger partial charge in [0.05, 0.1) is 5.92 Å². The van der Waals surface area contributed by atoms with E-state index in [9.17, 15) is 4.79 Å². The van der Waals surface area contributed by atoms with Gasteiger partial charge < -0.3 is 20.3 Å². The Balaban J connectivity index is 1.57. The van der Waals surface area contributed by atoms with E-state index in [2.05, 4.69) is 0 Å². The Hall–Kier alpha value is -3.31. The number of carboxylic acid groups (broad SMARTS) is 1. The maximum Gasteiger partial charge on any atom is 0.307 e. The number of ether oxygens (including phenoxy) is 2. The Morgan fingerprint density at radius 3 is 1.71 bits per heavy atom. The average molecular weight is 377 g/mol. The van der Waals surface area contributed by atoms with E-state index in [1.165, 1.54) is 0 Å². The van der Waals surface area contributed by atoms with Gasteiger partial charge in [-0.3, -0.25) is 4.79 Å². The van der Waals surface area contributed by atoms with Gasteiger partial charge in [0, 0.05) is 6.04 Å². The quantitative estimate of drug-likeness (QED) is 0.586. The molecule has 0 aromatic heterocycles. The van der Waals surface area contributed by atoms with E-state index >= 15 is 0 Å². The first-order valence-electron chi connectivity index (χ1n) is 9.09. The number of hydrogen-bond acceptors (Lipinski definition) is 4. The van der Waals surface area contributed by atoms with Crippen molar-refractivity contribution in [3.8, 4) is 23.0 Å². The zero-order valence-corrected chi connectivity index (χ0v) is 15.6. The van der Waals surface area contributed by atoms with E-state index in [1.807, 2.05) is 78.9 Å². The second-order valence-electron chi connectivity index (χ2n) is 6.63.